The lowest BCUT2D eigenvalue weighted by molar-refractivity contribution is -0.137. The smallest absolute Gasteiger partial charge is 0.415 e. The Balaban J connectivity index is 2.73. The van der Waals surface area contributed by atoms with E-state index in [0.717, 1.165) is 10.5 Å². The maximum absolute atomic E-state index is 11.5. The Morgan fingerprint density at radius 2 is 2.12 bits per heavy atom. The van der Waals surface area contributed by atoms with Gasteiger partial charge in [0.05, 0.1) is 5.02 Å². The molecule has 1 aromatic rings. The molecule has 0 aliphatic heterocycles. The summed E-state index contributed by atoms with van der Waals surface area (Å²) in [4.78, 5) is 22.9. The van der Waals surface area contributed by atoms with Crippen LogP contribution in [0.25, 0.3) is 0 Å². The van der Waals surface area contributed by atoms with E-state index in [1.165, 1.54) is 7.05 Å². The molecule has 0 aromatic heterocycles. The van der Waals surface area contributed by atoms with Gasteiger partial charge in [-0.2, -0.15) is 0 Å². The van der Waals surface area contributed by atoms with Crippen LogP contribution in [0.2, 0.25) is 5.02 Å². The average Bonchev–Trinajstić information content (AvgIpc) is 2.22. The molecular formula is C11H12ClNO4. The fourth-order valence-electron chi connectivity index (χ4n) is 1.13. The molecule has 17 heavy (non-hydrogen) atoms. The van der Waals surface area contributed by atoms with Crippen molar-refractivity contribution in [2.75, 3.05) is 13.6 Å². The highest BCUT2D eigenvalue weighted by molar-refractivity contribution is 6.32. The van der Waals surface area contributed by atoms with E-state index in [-0.39, 0.29) is 5.75 Å². The van der Waals surface area contributed by atoms with Crippen LogP contribution in [0.4, 0.5) is 4.79 Å². The number of likely N-dealkylation sites (N-methyl/N-ethyl adjacent to an activating group) is 1. The van der Waals surface area contributed by atoms with Crippen LogP contribution in [0, 0.1) is 6.92 Å². The number of aryl methyl sites for hydroxylation is 1. The SMILES string of the molecule is Cc1ccc(Cl)c(OC(=O)N(C)CC(=O)O)c1. The van der Waals surface area contributed by atoms with E-state index in [2.05, 4.69) is 0 Å². The molecule has 0 aliphatic rings. The molecule has 1 amide bonds. The molecule has 92 valence electrons. The van der Waals surface area contributed by atoms with Gasteiger partial charge in [0.1, 0.15) is 6.54 Å². The van der Waals surface area contributed by atoms with E-state index in [4.69, 9.17) is 21.4 Å². The van der Waals surface area contributed by atoms with Crippen LogP contribution in [-0.4, -0.2) is 35.7 Å². The van der Waals surface area contributed by atoms with Gasteiger partial charge in [0.2, 0.25) is 0 Å². The number of carbonyl (C=O) groups is 2. The first kappa shape index (κ1) is 13.3. The number of halogens is 1. The fourth-order valence-corrected chi connectivity index (χ4v) is 1.28. The third-order valence-corrected chi connectivity index (χ3v) is 2.28. The largest absolute Gasteiger partial charge is 0.480 e. The van der Waals surface area contributed by atoms with Crippen molar-refractivity contribution in [3.63, 3.8) is 0 Å². The van der Waals surface area contributed by atoms with Crippen LogP contribution >= 0.6 is 11.6 Å². The highest BCUT2D eigenvalue weighted by Crippen LogP contribution is 2.25. The molecule has 0 radical (unpaired) electrons. The topological polar surface area (TPSA) is 66.8 Å². The zero-order valence-electron chi connectivity index (χ0n) is 9.44. The lowest BCUT2D eigenvalue weighted by atomic mass is 10.2. The van der Waals surface area contributed by atoms with Gasteiger partial charge in [-0.15, -0.1) is 0 Å². The van der Waals surface area contributed by atoms with Gasteiger partial charge in [-0.1, -0.05) is 17.7 Å². The van der Waals surface area contributed by atoms with E-state index >= 15 is 0 Å². The normalized spacial score (nSPS) is 9.82. The highest BCUT2D eigenvalue weighted by Gasteiger charge is 2.15. The number of nitrogens with zero attached hydrogens (tertiary/aromatic N) is 1. The molecule has 6 heteroatoms. The van der Waals surface area contributed by atoms with Gasteiger partial charge in [0.25, 0.3) is 0 Å². The van der Waals surface area contributed by atoms with E-state index in [1.807, 2.05) is 6.92 Å². The quantitative estimate of drug-likeness (QED) is 0.901. The van der Waals surface area contributed by atoms with E-state index in [9.17, 15) is 9.59 Å². The van der Waals surface area contributed by atoms with Gasteiger partial charge >= 0.3 is 12.1 Å². The number of benzene rings is 1. The number of rotatable bonds is 3. The minimum atomic E-state index is -1.11. The Hall–Kier alpha value is -1.75. The highest BCUT2D eigenvalue weighted by atomic mass is 35.5. The van der Waals surface area contributed by atoms with Crippen molar-refractivity contribution < 1.29 is 19.4 Å². The van der Waals surface area contributed by atoms with Crippen LogP contribution < -0.4 is 4.74 Å². The van der Waals surface area contributed by atoms with Crippen molar-refractivity contribution in [3.05, 3.63) is 28.8 Å². The molecule has 5 nitrogen and oxygen atoms in total. The Morgan fingerprint density at radius 3 is 2.71 bits per heavy atom. The summed E-state index contributed by atoms with van der Waals surface area (Å²) in [5, 5.41) is 8.82. The van der Waals surface area contributed by atoms with Crippen molar-refractivity contribution in [1.29, 1.82) is 0 Å². The second-order valence-electron chi connectivity index (χ2n) is 3.55. The lowest BCUT2D eigenvalue weighted by Gasteiger charge is -2.15. The zero-order chi connectivity index (χ0) is 13.0. The van der Waals surface area contributed by atoms with Crippen LogP contribution in [-0.2, 0) is 4.79 Å². The average molecular weight is 258 g/mol. The standard InChI is InChI=1S/C11H12ClNO4/c1-7-3-4-8(12)9(5-7)17-11(16)13(2)6-10(14)15/h3-5H,6H2,1-2H3,(H,14,15). The summed E-state index contributed by atoms with van der Waals surface area (Å²) in [5.74, 6) is -0.895. The van der Waals surface area contributed by atoms with Gasteiger partial charge in [0, 0.05) is 7.05 Å². The van der Waals surface area contributed by atoms with E-state index < -0.39 is 18.6 Å². The van der Waals surface area contributed by atoms with Crippen molar-refractivity contribution >= 4 is 23.7 Å². The van der Waals surface area contributed by atoms with Crippen LogP contribution in [0.3, 0.4) is 0 Å². The summed E-state index contributed by atoms with van der Waals surface area (Å²) in [6.45, 7) is 1.40. The summed E-state index contributed by atoms with van der Waals surface area (Å²) < 4.78 is 4.98. The summed E-state index contributed by atoms with van der Waals surface area (Å²) in [7, 11) is 1.33. The van der Waals surface area contributed by atoms with Crippen LogP contribution in [0.15, 0.2) is 18.2 Å². The number of ether oxygens (including phenoxy) is 1. The van der Waals surface area contributed by atoms with Crippen LogP contribution in [0.5, 0.6) is 5.75 Å². The van der Waals surface area contributed by atoms with Gasteiger partial charge in [-0.05, 0) is 24.6 Å². The first-order valence-electron chi connectivity index (χ1n) is 4.81. The molecule has 0 saturated heterocycles. The number of amides is 1. The monoisotopic (exact) mass is 257 g/mol. The number of aliphatic carboxylic acids is 1. The van der Waals surface area contributed by atoms with Crippen LogP contribution in [0.1, 0.15) is 5.56 Å². The lowest BCUT2D eigenvalue weighted by Crippen LogP contribution is -2.34. The second kappa shape index (κ2) is 5.54. The Morgan fingerprint density at radius 1 is 1.47 bits per heavy atom. The van der Waals surface area contributed by atoms with Gasteiger partial charge in [-0.25, -0.2) is 4.79 Å². The fraction of sp³-hybridized carbons (Fsp3) is 0.273. The second-order valence-corrected chi connectivity index (χ2v) is 3.96. The Kier molecular flexibility index (Phi) is 4.34. The number of carbonyl (C=O) groups excluding carboxylic acids is 1. The molecule has 0 atom stereocenters. The number of carboxylic acid groups (broad SMARTS) is 1. The Bertz CT molecular complexity index is 447. The maximum atomic E-state index is 11.5. The van der Waals surface area contributed by atoms with E-state index in [1.54, 1.807) is 18.2 Å². The van der Waals surface area contributed by atoms with Gasteiger partial charge < -0.3 is 9.84 Å². The predicted octanol–water partition coefficient (Wildman–Crippen LogP) is 2.16. The van der Waals surface area contributed by atoms with Crippen molar-refractivity contribution in [1.82, 2.24) is 4.90 Å². The molecule has 0 bridgehead atoms. The van der Waals surface area contributed by atoms with Crippen molar-refractivity contribution in [2.45, 2.75) is 6.92 Å². The molecular weight excluding hydrogens is 246 g/mol. The molecule has 0 unspecified atom stereocenters. The first-order valence-corrected chi connectivity index (χ1v) is 5.19. The minimum Gasteiger partial charge on any atom is -0.480 e. The molecule has 0 heterocycles. The molecule has 0 aliphatic carbocycles. The number of carboxylic acids is 1. The number of hydrogen-bond acceptors (Lipinski definition) is 3. The molecule has 0 spiro atoms. The van der Waals surface area contributed by atoms with Gasteiger partial charge in [-0.3, -0.25) is 9.69 Å². The molecule has 0 fully saturated rings. The summed E-state index contributed by atoms with van der Waals surface area (Å²) >= 11 is 5.84. The van der Waals surface area contributed by atoms with Crippen molar-refractivity contribution in [2.24, 2.45) is 0 Å². The minimum absolute atomic E-state index is 0.217. The first-order chi connectivity index (χ1) is 7.90. The Labute approximate surface area is 104 Å². The third-order valence-electron chi connectivity index (χ3n) is 1.97. The number of hydrogen-bond donors (Lipinski definition) is 1. The summed E-state index contributed by atoms with van der Waals surface area (Å²) in [6, 6.07) is 4.99. The zero-order valence-corrected chi connectivity index (χ0v) is 10.2. The van der Waals surface area contributed by atoms with Crippen molar-refractivity contribution in [3.8, 4) is 5.75 Å². The summed E-state index contributed by atoms with van der Waals surface area (Å²) in [6.07, 6.45) is -0.764. The predicted molar refractivity (Wildman–Crippen MR) is 62.5 cm³/mol. The molecule has 1 N–H and O–H groups in total. The third kappa shape index (κ3) is 3.96. The van der Waals surface area contributed by atoms with E-state index in [0.29, 0.717) is 5.02 Å². The maximum Gasteiger partial charge on any atom is 0.415 e. The van der Waals surface area contributed by atoms with Gasteiger partial charge in [0.15, 0.2) is 5.75 Å². The molecule has 1 rings (SSSR count). The molecule has 1 aromatic carbocycles. The summed E-state index contributed by atoms with van der Waals surface area (Å²) in [5.41, 5.74) is 0.887. The molecule has 0 saturated carbocycles.